The highest BCUT2D eigenvalue weighted by molar-refractivity contribution is 5.37. The summed E-state index contributed by atoms with van der Waals surface area (Å²) >= 11 is 0. The van der Waals surface area contributed by atoms with E-state index < -0.39 is 0 Å². The minimum absolute atomic E-state index is 0.113. The average molecular weight is 432 g/mol. The fraction of sp³-hybridized carbons (Fsp3) is 0.346. The average Bonchev–Trinajstić information content (AvgIpc) is 3.66. The molecule has 166 valence electrons. The van der Waals surface area contributed by atoms with Crippen molar-refractivity contribution in [1.29, 1.82) is 0 Å². The number of benzene rings is 1. The van der Waals surface area contributed by atoms with Crippen LogP contribution in [-0.2, 0) is 13.2 Å². The molecule has 2 heterocycles. The monoisotopic (exact) mass is 431 g/mol. The second-order valence-corrected chi connectivity index (χ2v) is 7.33. The molecule has 0 N–H and O–H groups in total. The standard InChI is InChI=1S/C24H23N3O3.C2H6/c1-17-11-21(30-16-23-25-13-22(29-2)14-26-23)12-24(28)27(17)15-20-9-7-19(8-10-20)6-5-18-3-4-18;1-2/h7-14,18H,3-4,15-16H2,1-2H3;1-2H3. The number of aromatic nitrogens is 3. The molecule has 1 saturated carbocycles. The van der Waals surface area contributed by atoms with Gasteiger partial charge in [-0.15, -0.1) is 0 Å². The van der Waals surface area contributed by atoms with Gasteiger partial charge in [-0.05, 0) is 43.5 Å². The first-order chi connectivity index (χ1) is 15.6. The van der Waals surface area contributed by atoms with E-state index in [4.69, 9.17) is 9.47 Å². The molecule has 4 rings (SSSR count). The van der Waals surface area contributed by atoms with E-state index in [9.17, 15) is 4.79 Å². The molecule has 0 amide bonds. The van der Waals surface area contributed by atoms with E-state index in [0.717, 1.165) is 16.8 Å². The van der Waals surface area contributed by atoms with Gasteiger partial charge in [0.25, 0.3) is 5.56 Å². The summed E-state index contributed by atoms with van der Waals surface area (Å²) in [5.41, 5.74) is 2.78. The van der Waals surface area contributed by atoms with Gasteiger partial charge in [0.2, 0.25) is 0 Å². The third-order valence-electron chi connectivity index (χ3n) is 4.89. The maximum Gasteiger partial charge on any atom is 0.254 e. The minimum Gasteiger partial charge on any atom is -0.494 e. The molecule has 0 atom stereocenters. The molecule has 0 radical (unpaired) electrons. The van der Waals surface area contributed by atoms with Gasteiger partial charge in [0.15, 0.2) is 11.6 Å². The Morgan fingerprint density at radius 3 is 2.34 bits per heavy atom. The van der Waals surface area contributed by atoms with Crippen molar-refractivity contribution in [2.24, 2.45) is 5.92 Å². The zero-order chi connectivity index (χ0) is 22.9. The van der Waals surface area contributed by atoms with Gasteiger partial charge in [0.1, 0.15) is 12.4 Å². The summed E-state index contributed by atoms with van der Waals surface area (Å²) in [4.78, 5) is 20.9. The Morgan fingerprint density at radius 2 is 1.75 bits per heavy atom. The zero-order valence-corrected chi connectivity index (χ0v) is 19.1. The predicted molar refractivity (Wildman–Crippen MR) is 125 cm³/mol. The van der Waals surface area contributed by atoms with Crippen molar-refractivity contribution in [3.63, 3.8) is 0 Å². The first-order valence-electron chi connectivity index (χ1n) is 10.9. The van der Waals surface area contributed by atoms with Crippen molar-refractivity contribution in [3.05, 3.63) is 81.8 Å². The summed E-state index contributed by atoms with van der Waals surface area (Å²) < 4.78 is 12.5. The van der Waals surface area contributed by atoms with Crippen molar-refractivity contribution in [2.75, 3.05) is 7.11 Å². The molecule has 0 unspecified atom stereocenters. The van der Waals surface area contributed by atoms with Crippen LogP contribution in [-0.4, -0.2) is 21.6 Å². The van der Waals surface area contributed by atoms with Crippen LogP contribution < -0.4 is 15.0 Å². The Hall–Kier alpha value is -3.59. The molecule has 6 heteroatoms. The molecule has 0 bridgehead atoms. The Morgan fingerprint density at radius 1 is 1.06 bits per heavy atom. The SMILES string of the molecule is CC.COc1cnc(COc2cc(C)n(Cc3ccc(C#CC4CC4)cc3)c(=O)c2)nc1. The van der Waals surface area contributed by atoms with Crippen LogP contribution in [0, 0.1) is 24.7 Å². The molecule has 0 spiro atoms. The molecule has 1 aromatic carbocycles. The van der Waals surface area contributed by atoms with E-state index >= 15 is 0 Å². The fourth-order valence-electron chi connectivity index (χ4n) is 2.94. The number of pyridine rings is 1. The lowest BCUT2D eigenvalue weighted by atomic mass is 10.1. The second kappa shape index (κ2) is 11.1. The number of methoxy groups -OCH3 is 1. The lowest BCUT2D eigenvalue weighted by Gasteiger charge is -2.12. The third kappa shape index (κ3) is 6.45. The summed E-state index contributed by atoms with van der Waals surface area (Å²) in [5.74, 6) is 8.66. The quantitative estimate of drug-likeness (QED) is 0.542. The predicted octanol–water partition coefficient (Wildman–Crippen LogP) is 4.37. The van der Waals surface area contributed by atoms with Crippen LogP contribution in [0.3, 0.4) is 0 Å². The van der Waals surface area contributed by atoms with Gasteiger partial charge >= 0.3 is 0 Å². The van der Waals surface area contributed by atoms with Gasteiger partial charge in [0, 0.05) is 23.2 Å². The summed E-state index contributed by atoms with van der Waals surface area (Å²) in [6.45, 7) is 6.58. The fourth-order valence-corrected chi connectivity index (χ4v) is 2.94. The zero-order valence-electron chi connectivity index (χ0n) is 19.1. The number of aryl methyl sites for hydroxylation is 1. The normalized spacial score (nSPS) is 12.1. The molecular weight excluding hydrogens is 402 g/mol. The maximum atomic E-state index is 12.6. The van der Waals surface area contributed by atoms with Crippen molar-refractivity contribution in [1.82, 2.24) is 14.5 Å². The highest BCUT2D eigenvalue weighted by Crippen LogP contribution is 2.27. The van der Waals surface area contributed by atoms with Crippen LogP contribution in [0.1, 0.15) is 49.3 Å². The molecular formula is C26H29N3O3. The molecule has 1 aliphatic carbocycles. The number of hydrogen-bond acceptors (Lipinski definition) is 5. The number of hydrogen-bond donors (Lipinski definition) is 0. The molecule has 6 nitrogen and oxygen atoms in total. The van der Waals surface area contributed by atoms with Crippen molar-refractivity contribution in [2.45, 2.75) is 46.8 Å². The summed E-state index contributed by atoms with van der Waals surface area (Å²) in [7, 11) is 1.56. The van der Waals surface area contributed by atoms with Gasteiger partial charge in [-0.25, -0.2) is 9.97 Å². The van der Waals surface area contributed by atoms with Gasteiger partial charge < -0.3 is 14.0 Å². The molecule has 2 aromatic heterocycles. The van der Waals surface area contributed by atoms with Crippen LogP contribution in [0.4, 0.5) is 0 Å². The minimum atomic E-state index is -0.113. The van der Waals surface area contributed by atoms with E-state index in [2.05, 4.69) is 21.8 Å². The van der Waals surface area contributed by atoms with Crippen molar-refractivity contribution >= 4 is 0 Å². The molecule has 3 aromatic rings. The topological polar surface area (TPSA) is 66.2 Å². The summed E-state index contributed by atoms with van der Waals surface area (Å²) in [6.07, 6.45) is 5.61. The molecule has 0 aliphatic heterocycles. The van der Waals surface area contributed by atoms with E-state index in [0.29, 0.717) is 29.8 Å². The van der Waals surface area contributed by atoms with E-state index in [1.54, 1.807) is 24.1 Å². The maximum absolute atomic E-state index is 12.6. The number of nitrogens with zero attached hydrogens (tertiary/aromatic N) is 3. The Bertz CT molecular complexity index is 1140. The first-order valence-corrected chi connectivity index (χ1v) is 10.9. The number of rotatable bonds is 6. The summed E-state index contributed by atoms with van der Waals surface area (Å²) in [6, 6.07) is 11.4. The molecule has 1 aliphatic rings. The van der Waals surface area contributed by atoms with Gasteiger partial charge in [0.05, 0.1) is 26.0 Å². The van der Waals surface area contributed by atoms with Crippen LogP contribution in [0.2, 0.25) is 0 Å². The van der Waals surface area contributed by atoms with Crippen LogP contribution in [0.5, 0.6) is 11.5 Å². The van der Waals surface area contributed by atoms with Gasteiger partial charge in [-0.2, -0.15) is 0 Å². The van der Waals surface area contributed by atoms with Crippen LogP contribution >= 0.6 is 0 Å². The number of ether oxygens (including phenoxy) is 2. The first kappa shape index (κ1) is 23.1. The highest BCUT2D eigenvalue weighted by Gasteiger charge is 2.17. The van der Waals surface area contributed by atoms with E-state index in [1.165, 1.54) is 18.9 Å². The molecule has 0 saturated heterocycles. The summed E-state index contributed by atoms with van der Waals surface area (Å²) in [5, 5.41) is 0. The largest absolute Gasteiger partial charge is 0.494 e. The molecule has 32 heavy (non-hydrogen) atoms. The van der Waals surface area contributed by atoms with Crippen molar-refractivity contribution in [3.8, 4) is 23.3 Å². The molecule has 1 fully saturated rings. The lowest BCUT2D eigenvalue weighted by Crippen LogP contribution is -2.22. The Balaban J connectivity index is 0.00000141. The smallest absolute Gasteiger partial charge is 0.254 e. The van der Waals surface area contributed by atoms with Gasteiger partial charge in [-0.1, -0.05) is 37.8 Å². The highest BCUT2D eigenvalue weighted by atomic mass is 16.5. The van der Waals surface area contributed by atoms with E-state index in [1.807, 2.05) is 51.1 Å². The third-order valence-corrected chi connectivity index (χ3v) is 4.89. The van der Waals surface area contributed by atoms with Crippen molar-refractivity contribution < 1.29 is 9.47 Å². The van der Waals surface area contributed by atoms with Crippen LogP contribution in [0.25, 0.3) is 0 Å². The Kier molecular flexibility index (Phi) is 8.04. The Labute approximate surface area is 189 Å². The van der Waals surface area contributed by atoms with Crippen LogP contribution in [0.15, 0.2) is 53.6 Å². The van der Waals surface area contributed by atoms with E-state index in [-0.39, 0.29) is 12.2 Å². The second-order valence-electron chi connectivity index (χ2n) is 7.33. The van der Waals surface area contributed by atoms with Gasteiger partial charge in [-0.3, -0.25) is 4.79 Å². The lowest BCUT2D eigenvalue weighted by molar-refractivity contribution is 0.293.